The van der Waals surface area contributed by atoms with Gasteiger partial charge in [-0.2, -0.15) is 0 Å². The second-order valence-electron chi connectivity index (χ2n) is 3.03. The van der Waals surface area contributed by atoms with Crippen LogP contribution in [0.3, 0.4) is 0 Å². The number of hydrogen-bond donors (Lipinski definition) is 1. The molecule has 0 aromatic heterocycles. The zero-order valence-electron chi connectivity index (χ0n) is 6.26. The van der Waals surface area contributed by atoms with E-state index in [-0.39, 0.29) is 11.5 Å². The molecule has 0 aliphatic heterocycles. The second-order valence-corrected chi connectivity index (χ2v) is 3.03. The molecule has 0 aromatic carbocycles. The molecule has 0 saturated carbocycles. The van der Waals surface area contributed by atoms with Crippen LogP contribution >= 0.6 is 0 Å². The topological polar surface area (TPSA) is 37.3 Å². The summed E-state index contributed by atoms with van der Waals surface area (Å²) in [7, 11) is 0. The van der Waals surface area contributed by atoms with Gasteiger partial charge in [0, 0.05) is 6.42 Å². The van der Waals surface area contributed by atoms with Crippen LogP contribution in [0.5, 0.6) is 0 Å². The van der Waals surface area contributed by atoms with Gasteiger partial charge in [-0.25, -0.2) is 0 Å². The molecule has 0 atom stereocenters. The summed E-state index contributed by atoms with van der Waals surface area (Å²) in [6.07, 6.45) is 5.06. The lowest BCUT2D eigenvalue weighted by molar-refractivity contribution is -0.114. The van der Waals surface area contributed by atoms with Crippen molar-refractivity contribution >= 4 is 5.78 Å². The zero-order chi connectivity index (χ0) is 7.84. The highest BCUT2D eigenvalue weighted by molar-refractivity contribution is 6.02. The van der Waals surface area contributed by atoms with Gasteiger partial charge in [0.05, 0.1) is 5.57 Å². The molecular formula is C9H10O2. The zero-order valence-corrected chi connectivity index (χ0v) is 6.26. The van der Waals surface area contributed by atoms with Crippen molar-refractivity contribution in [2.75, 3.05) is 0 Å². The molecule has 0 fully saturated rings. The van der Waals surface area contributed by atoms with E-state index in [9.17, 15) is 9.90 Å². The SMILES string of the molecule is O=C1CCC2=C1C(O)=CCC2. The number of allylic oxidation sites excluding steroid dienone is 3. The summed E-state index contributed by atoms with van der Waals surface area (Å²) >= 11 is 0. The van der Waals surface area contributed by atoms with E-state index in [0.29, 0.717) is 12.0 Å². The number of carbonyl (C=O) groups excluding carboxylic acids is 1. The number of ketones is 1. The summed E-state index contributed by atoms with van der Waals surface area (Å²) in [5, 5.41) is 9.33. The highest BCUT2D eigenvalue weighted by Crippen LogP contribution is 2.33. The molecule has 2 aliphatic rings. The molecule has 0 unspecified atom stereocenters. The number of hydrogen-bond acceptors (Lipinski definition) is 2. The third-order valence-corrected chi connectivity index (χ3v) is 2.33. The maximum atomic E-state index is 11.2. The lowest BCUT2D eigenvalue weighted by Crippen LogP contribution is -2.02. The first-order chi connectivity index (χ1) is 5.29. The Labute approximate surface area is 65.2 Å². The Morgan fingerprint density at radius 3 is 2.82 bits per heavy atom. The minimum Gasteiger partial charge on any atom is -0.508 e. The second kappa shape index (κ2) is 2.22. The first-order valence-corrected chi connectivity index (χ1v) is 3.94. The lowest BCUT2D eigenvalue weighted by atomic mass is 9.98. The van der Waals surface area contributed by atoms with Crippen LogP contribution in [0.4, 0.5) is 0 Å². The van der Waals surface area contributed by atoms with Crippen molar-refractivity contribution in [2.24, 2.45) is 0 Å². The van der Waals surface area contributed by atoms with Crippen molar-refractivity contribution in [3.05, 3.63) is 23.0 Å². The molecule has 0 aromatic rings. The van der Waals surface area contributed by atoms with E-state index in [1.807, 2.05) is 0 Å². The number of rotatable bonds is 0. The Morgan fingerprint density at radius 2 is 2.09 bits per heavy atom. The Balaban J connectivity index is 2.44. The summed E-state index contributed by atoms with van der Waals surface area (Å²) in [6, 6.07) is 0. The molecule has 58 valence electrons. The van der Waals surface area contributed by atoms with Gasteiger partial charge in [0.15, 0.2) is 5.78 Å². The molecule has 0 spiro atoms. The molecule has 0 bridgehead atoms. The van der Waals surface area contributed by atoms with Crippen molar-refractivity contribution in [1.82, 2.24) is 0 Å². The van der Waals surface area contributed by atoms with E-state index in [1.165, 1.54) is 0 Å². The molecular weight excluding hydrogens is 140 g/mol. The summed E-state index contributed by atoms with van der Waals surface area (Å²) in [5.41, 5.74) is 1.78. The fourth-order valence-corrected chi connectivity index (χ4v) is 1.77. The van der Waals surface area contributed by atoms with E-state index >= 15 is 0 Å². The number of carbonyl (C=O) groups is 1. The van der Waals surface area contributed by atoms with Crippen molar-refractivity contribution in [1.29, 1.82) is 0 Å². The predicted octanol–water partition coefficient (Wildman–Crippen LogP) is 1.88. The molecule has 11 heavy (non-hydrogen) atoms. The predicted molar refractivity (Wildman–Crippen MR) is 41.2 cm³/mol. The van der Waals surface area contributed by atoms with Crippen LogP contribution in [0.2, 0.25) is 0 Å². The van der Waals surface area contributed by atoms with Gasteiger partial charge in [-0.05, 0) is 25.3 Å². The van der Waals surface area contributed by atoms with Gasteiger partial charge in [-0.15, -0.1) is 0 Å². The van der Waals surface area contributed by atoms with Crippen LogP contribution in [-0.4, -0.2) is 10.9 Å². The summed E-state index contributed by atoms with van der Waals surface area (Å²) in [5.74, 6) is 0.335. The summed E-state index contributed by atoms with van der Waals surface area (Å²) in [6.45, 7) is 0. The monoisotopic (exact) mass is 150 g/mol. The maximum absolute atomic E-state index is 11.2. The molecule has 0 amide bonds. The van der Waals surface area contributed by atoms with Gasteiger partial charge in [0.25, 0.3) is 0 Å². The van der Waals surface area contributed by atoms with E-state index in [1.54, 1.807) is 6.08 Å². The van der Waals surface area contributed by atoms with Crippen molar-refractivity contribution in [3.63, 3.8) is 0 Å². The van der Waals surface area contributed by atoms with Crippen LogP contribution < -0.4 is 0 Å². The number of Topliss-reactive ketones (excluding diaryl/α,β-unsaturated/α-hetero) is 1. The Morgan fingerprint density at radius 1 is 1.27 bits per heavy atom. The summed E-state index contributed by atoms with van der Waals surface area (Å²) < 4.78 is 0. The molecule has 1 N–H and O–H groups in total. The average molecular weight is 150 g/mol. The van der Waals surface area contributed by atoms with Gasteiger partial charge >= 0.3 is 0 Å². The van der Waals surface area contributed by atoms with Crippen molar-refractivity contribution in [2.45, 2.75) is 25.7 Å². The minimum absolute atomic E-state index is 0.119. The molecule has 0 radical (unpaired) electrons. The third kappa shape index (κ3) is 0.897. The quantitative estimate of drug-likeness (QED) is 0.572. The van der Waals surface area contributed by atoms with Gasteiger partial charge < -0.3 is 5.11 Å². The van der Waals surface area contributed by atoms with Gasteiger partial charge in [0.1, 0.15) is 5.76 Å². The first-order valence-electron chi connectivity index (χ1n) is 3.94. The van der Waals surface area contributed by atoms with Gasteiger partial charge in [-0.3, -0.25) is 4.79 Å². The lowest BCUT2D eigenvalue weighted by Gasteiger charge is -2.09. The highest BCUT2D eigenvalue weighted by atomic mass is 16.3. The Hall–Kier alpha value is -1.05. The molecule has 0 heterocycles. The fourth-order valence-electron chi connectivity index (χ4n) is 1.77. The van der Waals surface area contributed by atoms with E-state index < -0.39 is 0 Å². The number of aliphatic hydroxyl groups is 1. The third-order valence-electron chi connectivity index (χ3n) is 2.33. The van der Waals surface area contributed by atoms with Crippen LogP contribution in [0.1, 0.15) is 25.7 Å². The maximum Gasteiger partial charge on any atom is 0.166 e. The molecule has 2 heteroatoms. The van der Waals surface area contributed by atoms with E-state index in [0.717, 1.165) is 24.8 Å². The average Bonchev–Trinajstić information content (AvgIpc) is 2.34. The van der Waals surface area contributed by atoms with Gasteiger partial charge in [0.2, 0.25) is 0 Å². The Bertz CT molecular complexity index is 267. The normalized spacial score (nSPS) is 23.6. The Kier molecular flexibility index (Phi) is 1.34. The molecule has 2 aliphatic carbocycles. The van der Waals surface area contributed by atoms with Crippen LogP contribution in [-0.2, 0) is 4.79 Å². The summed E-state index contributed by atoms with van der Waals surface area (Å²) in [4.78, 5) is 11.2. The fraction of sp³-hybridized carbons (Fsp3) is 0.444. The van der Waals surface area contributed by atoms with E-state index in [4.69, 9.17) is 0 Å². The van der Waals surface area contributed by atoms with Crippen molar-refractivity contribution < 1.29 is 9.90 Å². The molecule has 2 nitrogen and oxygen atoms in total. The van der Waals surface area contributed by atoms with E-state index in [2.05, 4.69) is 0 Å². The standard InChI is InChI=1S/C9H10O2/c10-7-3-1-2-6-4-5-8(11)9(6)7/h3,10H,1-2,4-5H2. The number of aliphatic hydroxyl groups excluding tert-OH is 1. The molecule has 2 rings (SSSR count). The largest absolute Gasteiger partial charge is 0.508 e. The minimum atomic E-state index is 0.119. The molecule has 0 saturated heterocycles. The first kappa shape index (κ1) is 6.65. The highest BCUT2D eigenvalue weighted by Gasteiger charge is 2.27. The van der Waals surface area contributed by atoms with Crippen LogP contribution in [0.25, 0.3) is 0 Å². The van der Waals surface area contributed by atoms with Crippen molar-refractivity contribution in [3.8, 4) is 0 Å². The van der Waals surface area contributed by atoms with Crippen LogP contribution in [0.15, 0.2) is 23.0 Å². The smallest absolute Gasteiger partial charge is 0.166 e. The van der Waals surface area contributed by atoms with Crippen LogP contribution in [0, 0.1) is 0 Å². The van der Waals surface area contributed by atoms with Gasteiger partial charge in [-0.1, -0.05) is 5.57 Å².